The van der Waals surface area contributed by atoms with Crippen molar-refractivity contribution in [1.29, 1.82) is 0 Å². The Labute approximate surface area is 115 Å². The molecular weight excluding hydrogens is 269 g/mol. The lowest BCUT2D eigenvalue weighted by Gasteiger charge is -2.23. The third-order valence-corrected chi connectivity index (χ3v) is 2.87. The Bertz CT molecular complexity index is 509. The van der Waals surface area contributed by atoms with Gasteiger partial charge in [0.1, 0.15) is 5.75 Å². The molecule has 2 N–H and O–H groups in total. The van der Waals surface area contributed by atoms with Crippen LogP contribution in [0.4, 0.5) is 10.1 Å². The Morgan fingerprint density at radius 3 is 2.75 bits per heavy atom. The number of amides is 1. The van der Waals surface area contributed by atoms with Crippen LogP contribution in [0, 0.1) is 15.9 Å². The maximum atomic E-state index is 13.3. The van der Waals surface area contributed by atoms with Gasteiger partial charge >= 0.3 is 5.69 Å². The molecule has 1 rings (SSSR count). The molecule has 0 aliphatic rings. The van der Waals surface area contributed by atoms with Gasteiger partial charge in [0.2, 0.25) is 5.82 Å². The summed E-state index contributed by atoms with van der Waals surface area (Å²) in [7, 11) is 1.58. The van der Waals surface area contributed by atoms with E-state index in [0.717, 1.165) is 12.1 Å². The second-order valence-corrected chi connectivity index (χ2v) is 4.25. The highest BCUT2D eigenvalue weighted by Crippen LogP contribution is 2.22. The lowest BCUT2D eigenvalue weighted by molar-refractivity contribution is -0.387. The Balaban J connectivity index is 2.64. The monoisotopic (exact) mass is 285 g/mol. The summed E-state index contributed by atoms with van der Waals surface area (Å²) in [6.07, 6.45) is 0. The van der Waals surface area contributed by atoms with Gasteiger partial charge in [0.25, 0.3) is 5.91 Å². The molecule has 0 fully saturated rings. The molecule has 7 nitrogen and oxygen atoms in total. The lowest BCUT2D eigenvalue weighted by Crippen LogP contribution is -2.42. The van der Waals surface area contributed by atoms with Gasteiger partial charge in [-0.1, -0.05) is 0 Å². The normalized spacial score (nSPS) is 11.8. The number of rotatable bonds is 6. The molecule has 0 saturated carbocycles. The van der Waals surface area contributed by atoms with Crippen molar-refractivity contribution in [1.82, 2.24) is 4.90 Å². The summed E-state index contributed by atoms with van der Waals surface area (Å²) in [5.74, 6) is -1.28. The van der Waals surface area contributed by atoms with Crippen LogP contribution in [0.15, 0.2) is 18.2 Å². The molecule has 1 aromatic rings. The van der Waals surface area contributed by atoms with Gasteiger partial charge in [0.15, 0.2) is 6.61 Å². The van der Waals surface area contributed by atoms with Gasteiger partial charge < -0.3 is 15.4 Å². The van der Waals surface area contributed by atoms with Crippen LogP contribution in [0.3, 0.4) is 0 Å². The molecular formula is C12H16FN3O4. The third kappa shape index (κ3) is 3.89. The number of hydrogen-bond acceptors (Lipinski definition) is 5. The second kappa shape index (κ2) is 6.80. The van der Waals surface area contributed by atoms with E-state index in [4.69, 9.17) is 10.5 Å². The van der Waals surface area contributed by atoms with Crippen molar-refractivity contribution in [2.75, 3.05) is 20.2 Å². The van der Waals surface area contributed by atoms with Crippen LogP contribution in [0.1, 0.15) is 6.92 Å². The Morgan fingerprint density at radius 2 is 2.25 bits per heavy atom. The molecule has 0 aliphatic carbocycles. The van der Waals surface area contributed by atoms with Crippen molar-refractivity contribution in [3.63, 3.8) is 0 Å². The first-order chi connectivity index (χ1) is 9.36. The van der Waals surface area contributed by atoms with Gasteiger partial charge in [0.05, 0.1) is 4.92 Å². The minimum Gasteiger partial charge on any atom is -0.484 e. The Kier molecular flexibility index (Phi) is 5.39. The molecule has 0 aliphatic heterocycles. The van der Waals surface area contributed by atoms with E-state index in [-0.39, 0.29) is 24.3 Å². The third-order valence-electron chi connectivity index (χ3n) is 2.87. The first-order valence-electron chi connectivity index (χ1n) is 5.89. The molecule has 1 aromatic carbocycles. The summed E-state index contributed by atoms with van der Waals surface area (Å²) in [5.41, 5.74) is 4.79. The molecule has 1 unspecified atom stereocenters. The molecule has 0 heterocycles. The van der Waals surface area contributed by atoms with Crippen LogP contribution >= 0.6 is 0 Å². The van der Waals surface area contributed by atoms with Gasteiger partial charge in [-0.05, 0) is 13.0 Å². The number of likely N-dealkylation sites (N-methyl/N-ethyl adjacent to an activating group) is 1. The molecule has 0 radical (unpaired) electrons. The number of nitro groups is 1. The van der Waals surface area contributed by atoms with Crippen molar-refractivity contribution < 1.29 is 18.8 Å². The van der Waals surface area contributed by atoms with Gasteiger partial charge in [-0.2, -0.15) is 4.39 Å². The average Bonchev–Trinajstić information content (AvgIpc) is 2.42. The highest BCUT2D eigenvalue weighted by atomic mass is 19.1. The number of nitrogens with zero attached hydrogens (tertiary/aromatic N) is 2. The van der Waals surface area contributed by atoms with E-state index in [1.165, 1.54) is 11.0 Å². The van der Waals surface area contributed by atoms with Gasteiger partial charge in [-0.25, -0.2) is 0 Å². The number of nitro benzene ring substituents is 1. The summed E-state index contributed by atoms with van der Waals surface area (Å²) in [6, 6.07) is 2.96. The Hall–Kier alpha value is -2.22. The summed E-state index contributed by atoms with van der Waals surface area (Å²) in [4.78, 5) is 22.8. The van der Waals surface area contributed by atoms with Crippen molar-refractivity contribution in [2.45, 2.75) is 13.0 Å². The van der Waals surface area contributed by atoms with Crippen LogP contribution < -0.4 is 10.5 Å². The van der Waals surface area contributed by atoms with Gasteiger partial charge in [-0.3, -0.25) is 14.9 Å². The first kappa shape index (κ1) is 15.8. The fourth-order valence-corrected chi connectivity index (χ4v) is 1.38. The number of carbonyl (C=O) groups excluding carboxylic acids is 1. The van der Waals surface area contributed by atoms with Crippen LogP contribution in [0.2, 0.25) is 0 Å². The Morgan fingerprint density at radius 1 is 1.60 bits per heavy atom. The number of ether oxygens (including phenoxy) is 1. The van der Waals surface area contributed by atoms with E-state index in [9.17, 15) is 19.3 Å². The van der Waals surface area contributed by atoms with E-state index in [1.54, 1.807) is 14.0 Å². The van der Waals surface area contributed by atoms with Crippen LogP contribution in [0.5, 0.6) is 5.75 Å². The quantitative estimate of drug-likeness (QED) is 0.619. The minimum absolute atomic E-state index is 0.0512. The molecule has 0 saturated heterocycles. The van der Waals surface area contributed by atoms with Crippen molar-refractivity contribution in [3.8, 4) is 5.75 Å². The topological polar surface area (TPSA) is 98.7 Å². The predicted octanol–water partition coefficient (Wildman–Crippen LogP) is 0.918. The SMILES string of the molecule is CC(CN)N(C)C(=O)COc1ccc([N+](=O)[O-])c(F)c1. The molecule has 0 spiro atoms. The number of benzene rings is 1. The van der Waals surface area contributed by atoms with E-state index in [0.29, 0.717) is 6.54 Å². The number of carbonyl (C=O) groups is 1. The highest BCUT2D eigenvalue weighted by molar-refractivity contribution is 5.77. The largest absolute Gasteiger partial charge is 0.484 e. The standard InChI is InChI=1S/C12H16FN3O4/c1-8(6-14)15(2)12(17)7-20-9-3-4-11(16(18)19)10(13)5-9/h3-5,8H,6-7,14H2,1-2H3. The van der Waals surface area contributed by atoms with Gasteiger partial charge in [-0.15, -0.1) is 0 Å². The predicted molar refractivity (Wildman–Crippen MR) is 69.8 cm³/mol. The van der Waals surface area contributed by atoms with Crippen LogP contribution in [-0.4, -0.2) is 42.0 Å². The fourth-order valence-electron chi connectivity index (χ4n) is 1.38. The maximum absolute atomic E-state index is 13.3. The van der Waals surface area contributed by atoms with Crippen LogP contribution in [0.25, 0.3) is 0 Å². The summed E-state index contributed by atoms with van der Waals surface area (Å²) >= 11 is 0. The van der Waals surface area contributed by atoms with Crippen molar-refractivity contribution >= 4 is 11.6 Å². The fraction of sp³-hybridized carbons (Fsp3) is 0.417. The van der Waals surface area contributed by atoms with E-state index >= 15 is 0 Å². The highest BCUT2D eigenvalue weighted by Gasteiger charge is 2.17. The zero-order valence-corrected chi connectivity index (χ0v) is 11.2. The van der Waals surface area contributed by atoms with E-state index < -0.39 is 16.4 Å². The zero-order valence-electron chi connectivity index (χ0n) is 11.2. The van der Waals surface area contributed by atoms with Crippen molar-refractivity contribution in [3.05, 3.63) is 34.1 Å². The average molecular weight is 285 g/mol. The zero-order chi connectivity index (χ0) is 15.3. The smallest absolute Gasteiger partial charge is 0.305 e. The lowest BCUT2D eigenvalue weighted by atomic mass is 10.3. The minimum atomic E-state index is -1.01. The molecule has 20 heavy (non-hydrogen) atoms. The van der Waals surface area contributed by atoms with E-state index in [1.807, 2.05) is 0 Å². The maximum Gasteiger partial charge on any atom is 0.305 e. The molecule has 0 bridgehead atoms. The number of hydrogen-bond donors (Lipinski definition) is 1. The van der Waals surface area contributed by atoms with E-state index in [2.05, 4.69) is 0 Å². The summed E-state index contributed by atoms with van der Waals surface area (Å²) in [5, 5.41) is 10.4. The summed E-state index contributed by atoms with van der Waals surface area (Å²) in [6.45, 7) is 1.80. The van der Waals surface area contributed by atoms with Gasteiger partial charge in [0, 0.05) is 31.8 Å². The first-order valence-corrected chi connectivity index (χ1v) is 5.89. The molecule has 1 atom stereocenters. The van der Waals surface area contributed by atoms with Crippen molar-refractivity contribution in [2.24, 2.45) is 5.73 Å². The second-order valence-electron chi connectivity index (χ2n) is 4.25. The summed E-state index contributed by atoms with van der Waals surface area (Å²) < 4.78 is 18.4. The molecule has 8 heteroatoms. The number of nitrogens with two attached hydrogens (primary N) is 1. The molecule has 1 amide bonds. The molecule has 0 aromatic heterocycles. The molecule has 110 valence electrons. The van der Waals surface area contributed by atoms with Crippen LogP contribution in [-0.2, 0) is 4.79 Å². The number of halogens is 1.